The van der Waals surface area contributed by atoms with E-state index in [9.17, 15) is 14.3 Å². The summed E-state index contributed by atoms with van der Waals surface area (Å²) in [7, 11) is 0. The Labute approximate surface area is 136 Å². The molecule has 0 aromatic heterocycles. The molecule has 0 saturated carbocycles. The maximum Gasteiger partial charge on any atom is 0.226 e. The highest BCUT2D eigenvalue weighted by Crippen LogP contribution is 2.16. The smallest absolute Gasteiger partial charge is 0.226 e. The van der Waals surface area contributed by atoms with E-state index in [0.29, 0.717) is 18.5 Å². The summed E-state index contributed by atoms with van der Waals surface area (Å²) in [6.07, 6.45) is 0.349. The van der Waals surface area contributed by atoms with Crippen LogP contribution >= 0.6 is 0 Å². The molecule has 2 rings (SSSR count). The Morgan fingerprint density at radius 1 is 1.13 bits per heavy atom. The number of amides is 1. The van der Waals surface area contributed by atoms with Gasteiger partial charge in [0.25, 0.3) is 0 Å². The van der Waals surface area contributed by atoms with Gasteiger partial charge in [-0.1, -0.05) is 55.5 Å². The number of halogens is 1. The Bertz CT molecular complexity index is 630. The predicted octanol–water partition coefficient (Wildman–Crippen LogP) is 3.03. The van der Waals surface area contributed by atoms with Crippen LogP contribution in [0.4, 0.5) is 4.39 Å². The molecule has 4 heteroatoms. The third-order valence-corrected chi connectivity index (χ3v) is 3.80. The molecule has 0 bridgehead atoms. The average molecular weight is 315 g/mol. The van der Waals surface area contributed by atoms with Gasteiger partial charge in [0.15, 0.2) is 0 Å². The minimum Gasteiger partial charge on any atom is -0.395 e. The average Bonchev–Trinajstić information content (AvgIpc) is 2.57. The number of nitrogens with zero attached hydrogens (tertiary/aromatic N) is 1. The molecule has 23 heavy (non-hydrogen) atoms. The molecule has 1 unspecified atom stereocenters. The summed E-state index contributed by atoms with van der Waals surface area (Å²) in [5.74, 6) is -0.711. The molecule has 3 nitrogen and oxygen atoms in total. The Balaban J connectivity index is 2.06. The third-order valence-electron chi connectivity index (χ3n) is 3.80. The maximum atomic E-state index is 13.7. The van der Waals surface area contributed by atoms with Crippen molar-refractivity contribution in [3.63, 3.8) is 0 Å². The van der Waals surface area contributed by atoms with Crippen LogP contribution in [0.5, 0.6) is 0 Å². The number of carbonyl (C=O) groups is 1. The third kappa shape index (κ3) is 4.89. The monoisotopic (exact) mass is 315 g/mol. The Kier molecular flexibility index (Phi) is 6.29. The lowest BCUT2D eigenvalue weighted by atomic mass is 9.99. The lowest BCUT2D eigenvalue weighted by Crippen LogP contribution is -2.37. The lowest BCUT2D eigenvalue weighted by Gasteiger charge is -2.25. The second-order valence-corrected chi connectivity index (χ2v) is 5.67. The molecule has 2 aromatic carbocycles. The van der Waals surface area contributed by atoms with E-state index in [0.717, 1.165) is 5.56 Å². The van der Waals surface area contributed by atoms with Crippen LogP contribution < -0.4 is 0 Å². The second kappa shape index (κ2) is 8.44. The number of carbonyl (C=O) groups excluding carboxylic acids is 1. The zero-order chi connectivity index (χ0) is 16.7. The number of benzene rings is 2. The van der Waals surface area contributed by atoms with Crippen LogP contribution in [-0.4, -0.2) is 29.1 Å². The van der Waals surface area contributed by atoms with Gasteiger partial charge in [-0.25, -0.2) is 4.39 Å². The fraction of sp³-hybridized carbons (Fsp3) is 0.316. The first-order valence-electron chi connectivity index (χ1n) is 7.78. The number of aliphatic hydroxyl groups is 1. The Morgan fingerprint density at radius 2 is 1.78 bits per heavy atom. The summed E-state index contributed by atoms with van der Waals surface area (Å²) >= 11 is 0. The number of rotatable bonds is 7. The van der Waals surface area contributed by atoms with E-state index in [1.165, 1.54) is 6.07 Å². The molecule has 1 N–H and O–H groups in total. The predicted molar refractivity (Wildman–Crippen MR) is 88.2 cm³/mol. The zero-order valence-corrected chi connectivity index (χ0v) is 13.3. The summed E-state index contributed by atoms with van der Waals surface area (Å²) in [4.78, 5) is 14.3. The minimum atomic E-state index is -0.345. The van der Waals surface area contributed by atoms with Crippen molar-refractivity contribution in [3.05, 3.63) is 71.5 Å². The molecule has 1 atom stereocenters. The van der Waals surface area contributed by atoms with Gasteiger partial charge in [-0.3, -0.25) is 4.79 Å². The van der Waals surface area contributed by atoms with Gasteiger partial charge in [0, 0.05) is 19.0 Å². The lowest BCUT2D eigenvalue weighted by molar-refractivity contribution is -0.136. The van der Waals surface area contributed by atoms with Gasteiger partial charge in [0.1, 0.15) is 5.82 Å². The molecule has 0 radical (unpaired) electrons. The highest BCUT2D eigenvalue weighted by molar-refractivity contribution is 5.78. The van der Waals surface area contributed by atoms with Crippen LogP contribution in [-0.2, 0) is 17.8 Å². The van der Waals surface area contributed by atoms with Gasteiger partial charge >= 0.3 is 0 Å². The topological polar surface area (TPSA) is 40.5 Å². The molecule has 0 saturated heterocycles. The normalized spacial score (nSPS) is 12.0. The van der Waals surface area contributed by atoms with E-state index in [1.807, 2.05) is 30.3 Å². The molecule has 0 fully saturated rings. The fourth-order valence-electron chi connectivity index (χ4n) is 2.58. The van der Waals surface area contributed by atoms with Crippen LogP contribution in [0, 0.1) is 11.7 Å². The van der Waals surface area contributed by atoms with Crippen molar-refractivity contribution >= 4 is 5.91 Å². The second-order valence-electron chi connectivity index (χ2n) is 5.67. The minimum absolute atomic E-state index is 0.0776. The summed E-state index contributed by atoms with van der Waals surface area (Å²) in [5, 5.41) is 9.23. The molecular weight excluding hydrogens is 293 g/mol. The molecule has 0 aliphatic rings. The molecule has 2 aromatic rings. The molecule has 0 aliphatic carbocycles. The largest absolute Gasteiger partial charge is 0.395 e. The van der Waals surface area contributed by atoms with Gasteiger partial charge in [-0.05, 0) is 23.6 Å². The first-order valence-corrected chi connectivity index (χ1v) is 7.78. The number of hydrogen-bond acceptors (Lipinski definition) is 2. The van der Waals surface area contributed by atoms with Crippen molar-refractivity contribution in [3.8, 4) is 0 Å². The Hall–Kier alpha value is -2.20. The molecule has 0 spiro atoms. The van der Waals surface area contributed by atoms with Gasteiger partial charge in [0.05, 0.1) is 6.61 Å². The van der Waals surface area contributed by atoms with Gasteiger partial charge in [-0.2, -0.15) is 0 Å². The van der Waals surface area contributed by atoms with Crippen molar-refractivity contribution in [1.82, 2.24) is 4.90 Å². The first kappa shape index (κ1) is 17.2. The number of hydrogen-bond donors (Lipinski definition) is 1. The van der Waals surface area contributed by atoms with Gasteiger partial charge < -0.3 is 10.0 Å². The van der Waals surface area contributed by atoms with Crippen LogP contribution in [0.3, 0.4) is 0 Å². The summed E-state index contributed by atoms with van der Waals surface area (Å²) in [5.41, 5.74) is 1.55. The van der Waals surface area contributed by atoms with E-state index >= 15 is 0 Å². The summed E-state index contributed by atoms with van der Waals surface area (Å²) < 4.78 is 13.7. The van der Waals surface area contributed by atoms with E-state index in [2.05, 4.69) is 0 Å². The first-order chi connectivity index (χ1) is 11.1. The quantitative estimate of drug-likeness (QED) is 0.853. The van der Waals surface area contributed by atoms with E-state index in [-0.39, 0.29) is 30.8 Å². The molecular formula is C19H22FNO2. The fourth-order valence-corrected chi connectivity index (χ4v) is 2.58. The standard InChI is InChI=1S/C19H22FNO2/c1-15(13-17-9-5-6-10-18(17)20)19(23)21(11-12-22)14-16-7-3-2-4-8-16/h2-10,15,22H,11-14H2,1H3. The van der Waals surface area contributed by atoms with Gasteiger partial charge in [-0.15, -0.1) is 0 Å². The maximum absolute atomic E-state index is 13.7. The summed E-state index contributed by atoms with van der Waals surface area (Å²) in [6.45, 7) is 2.42. The van der Waals surface area contributed by atoms with Crippen molar-refractivity contribution in [1.29, 1.82) is 0 Å². The molecule has 0 heterocycles. The zero-order valence-electron chi connectivity index (χ0n) is 13.3. The molecule has 0 aliphatic heterocycles. The van der Waals surface area contributed by atoms with E-state index < -0.39 is 0 Å². The van der Waals surface area contributed by atoms with Crippen LogP contribution in [0.25, 0.3) is 0 Å². The highest BCUT2D eigenvalue weighted by Gasteiger charge is 2.21. The van der Waals surface area contributed by atoms with Crippen molar-refractivity contribution in [2.45, 2.75) is 19.9 Å². The van der Waals surface area contributed by atoms with E-state index in [4.69, 9.17) is 0 Å². The highest BCUT2D eigenvalue weighted by atomic mass is 19.1. The van der Waals surface area contributed by atoms with Gasteiger partial charge in [0.2, 0.25) is 5.91 Å². The molecule has 1 amide bonds. The van der Waals surface area contributed by atoms with Crippen LogP contribution in [0.1, 0.15) is 18.1 Å². The van der Waals surface area contributed by atoms with Crippen molar-refractivity contribution in [2.75, 3.05) is 13.2 Å². The summed E-state index contributed by atoms with van der Waals surface area (Å²) in [6, 6.07) is 16.2. The van der Waals surface area contributed by atoms with E-state index in [1.54, 1.807) is 30.0 Å². The van der Waals surface area contributed by atoms with Crippen LogP contribution in [0.15, 0.2) is 54.6 Å². The van der Waals surface area contributed by atoms with Crippen LogP contribution in [0.2, 0.25) is 0 Å². The Morgan fingerprint density at radius 3 is 2.43 bits per heavy atom. The van der Waals surface area contributed by atoms with Crippen molar-refractivity contribution in [2.24, 2.45) is 5.92 Å². The SMILES string of the molecule is CC(Cc1ccccc1F)C(=O)N(CCO)Cc1ccccc1. The molecule has 122 valence electrons. The number of aliphatic hydroxyl groups excluding tert-OH is 1. The van der Waals surface area contributed by atoms with Crippen molar-refractivity contribution < 1.29 is 14.3 Å².